The molecule has 0 spiro atoms. The molecule has 0 unspecified atom stereocenters. The number of hydrogen-bond acceptors (Lipinski definition) is 3. The van der Waals surface area contributed by atoms with Gasteiger partial charge in [0, 0.05) is 13.0 Å². The van der Waals surface area contributed by atoms with E-state index in [1.807, 2.05) is 6.07 Å². The number of nitrogens with zero attached hydrogens (tertiary/aromatic N) is 1. The standard InChI is InChI=1S/C10H10N2O/c11-5-7-3-8-1-2-13-10(8)9(4-7)6-12/h3-4H,1-2,5,11H2. The first-order chi connectivity index (χ1) is 6.35. The van der Waals surface area contributed by atoms with Crippen molar-refractivity contribution in [2.45, 2.75) is 13.0 Å². The van der Waals surface area contributed by atoms with Crippen LogP contribution in [0.5, 0.6) is 5.75 Å². The highest BCUT2D eigenvalue weighted by Gasteiger charge is 2.16. The molecule has 0 atom stereocenters. The summed E-state index contributed by atoms with van der Waals surface area (Å²) < 4.78 is 5.36. The molecule has 0 aliphatic carbocycles. The molecule has 13 heavy (non-hydrogen) atoms. The minimum Gasteiger partial charge on any atom is -0.492 e. The van der Waals surface area contributed by atoms with E-state index in [0.29, 0.717) is 18.7 Å². The van der Waals surface area contributed by atoms with Crippen LogP contribution in [0, 0.1) is 11.3 Å². The van der Waals surface area contributed by atoms with Crippen molar-refractivity contribution in [3.05, 3.63) is 28.8 Å². The van der Waals surface area contributed by atoms with Crippen LogP contribution in [-0.4, -0.2) is 6.61 Å². The maximum Gasteiger partial charge on any atom is 0.140 e. The SMILES string of the molecule is N#Cc1cc(CN)cc2c1OCC2. The molecule has 0 bridgehead atoms. The van der Waals surface area contributed by atoms with Gasteiger partial charge in [0.15, 0.2) is 0 Å². The van der Waals surface area contributed by atoms with E-state index in [-0.39, 0.29) is 0 Å². The summed E-state index contributed by atoms with van der Waals surface area (Å²) in [7, 11) is 0. The molecule has 1 aromatic rings. The lowest BCUT2D eigenvalue weighted by Gasteiger charge is -2.03. The molecule has 3 nitrogen and oxygen atoms in total. The summed E-state index contributed by atoms with van der Waals surface area (Å²) in [5, 5.41) is 8.85. The molecule has 1 heterocycles. The second-order valence-electron chi connectivity index (χ2n) is 3.05. The van der Waals surface area contributed by atoms with Gasteiger partial charge in [0.25, 0.3) is 0 Å². The summed E-state index contributed by atoms with van der Waals surface area (Å²) in [6.07, 6.45) is 0.887. The molecule has 2 rings (SSSR count). The van der Waals surface area contributed by atoms with Crippen molar-refractivity contribution < 1.29 is 4.74 Å². The van der Waals surface area contributed by atoms with E-state index >= 15 is 0 Å². The molecule has 0 saturated heterocycles. The lowest BCUT2D eigenvalue weighted by atomic mass is 10.0. The van der Waals surface area contributed by atoms with Crippen molar-refractivity contribution in [3.8, 4) is 11.8 Å². The van der Waals surface area contributed by atoms with Gasteiger partial charge in [-0.3, -0.25) is 0 Å². The number of fused-ring (bicyclic) bond motifs is 1. The van der Waals surface area contributed by atoms with Crippen molar-refractivity contribution in [2.75, 3.05) is 6.61 Å². The van der Waals surface area contributed by atoms with Gasteiger partial charge in [-0.25, -0.2) is 0 Å². The number of nitrogens with two attached hydrogens (primary N) is 1. The second-order valence-corrected chi connectivity index (χ2v) is 3.05. The van der Waals surface area contributed by atoms with Crippen LogP contribution < -0.4 is 10.5 Å². The number of ether oxygens (including phenoxy) is 1. The zero-order chi connectivity index (χ0) is 9.26. The van der Waals surface area contributed by atoms with Gasteiger partial charge in [-0.15, -0.1) is 0 Å². The highest BCUT2D eigenvalue weighted by atomic mass is 16.5. The molecule has 0 amide bonds. The van der Waals surface area contributed by atoms with Crippen LogP contribution in [0.25, 0.3) is 0 Å². The molecule has 1 aliphatic rings. The summed E-state index contributed by atoms with van der Waals surface area (Å²) in [6, 6.07) is 5.93. The van der Waals surface area contributed by atoms with Crippen LogP contribution in [0.3, 0.4) is 0 Å². The zero-order valence-electron chi connectivity index (χ0n) is 7.21. The summed E-state index contributed by atoms with van der Waals surface area (Å²) in [6.45, 7) is 1.15. The highest BCUT2D eigenvalue weighted by Crippen LogP contribution is 2.30. The number of benzene rings is 1. The first kappa shape index (κ1) is 8.09. The lowest BCUT2D eigenvalue weighted by molar-refractivity contribution is 0.356. The number of hydrogen-bond donors (Lipinski definition) is 1. The number of nitriles is 1. The Morgan fingerprint density at radius 3 is 3.08 bits per heavy atom. The average molecular weight is 174 g/mol. The third-order valence-electron chi connectivity index (χ3n) is 2.20. The molecule has 2 N–H and O–H groups in total. The molecular weight excluding hydrogens is 164 g/mol. The van der Waals surface area contributed by atoms with Crippen molar-refractivity contribution in [1.82, 2.24) is 0 Å². The molecular formula is C10H10N2O. The summed E-state index contributed by atoms with van der Waals surface area (Å²) in [4.78, 5) is 0. The molecule has 1 aromatic carbocycles. The molecule has 0 fully saturated rings. The minimum atomic E-state index is 0.474. The van der Waals surface area contributed by atoms with Crippen LogP contribution in [0.15, 0.2) is 12.1 Å². The predicted octanol–water partition coefficient (Wildman–Crippen LogP) is 0.952. The van der Waals surface area contributed by atoms with E-state index in [4.69, 9.17) is 15.7 Å². The van der Waals surface area contributed by atoms with Crippen molar-refractivity contribution in [1.29, 1.82) is 5.26 Å². The van der Waals surface area contributed by atoms with Crippen LogP contribution in [0.1, 0.15) is 16.7 Å². The monoisotopic (exact) mass is 174 g/mol. The third-order valence-corrected chi connectivity index (χ3v) is 2.20. The summed E-state index contributed by atoms with van der Waals surface area (Å²) in [5.41, 5.74) is 8.24. The predicted molar refractivity (Wildman–Crippen MR) is 48.2 cm³/mol. The zero-order valence-corrected chi connectivity index (χ0v) is 7.21. The van der Waals surface area contributed by atoms with E-state index in [1.165, 1.54) is 0 Å². The normalized spacial score (nSPS) is 13.2. The highest BCUT2D eigenvalue weighted by molar-refractivity contribution is 5.52. The fourth-order valence-electron chi connectivity index (χ4n) is 1.58. The second kappa shape index (κ2) is 3.08. The molecule has 0 saturated carbocycles. The Labute approximate surface area is 76.7 Å². The third kappa shape index (κ3) is 1.25. The van der Waals surface area contributed by atoms with Gasteiger partial charge < -0.3 is 10.5 Å². The Balaban J connectivity index is 2.57. The molecule has 1 aliphatic heterocycles. The van der Waals surface area contributed by atoms with Crippen LogP contribution in [0.2, 0.25) is 0 Å². The van der Waals surface area contributed by atoms with E-state index < -0.39 is 0 Å². The van der Waals surface area contributed by atoms with E-state index in [9.17, 15) is 0 Å². The van der Waals surface area contributed by atoms with Gasteiger partial charge in [-0.2, -0.15) is 5.26 Å². The van der Waals surface area contributed by atoms with Gasteiger partial charge in [-0.1, -0.05) is 6.07 Å². The molecule has 3 heteroatoms. The van der Waals surface area contributed by atoms with Crippen molar-refractivity contribution >= 4 is 0 Å². The maximum atomic E-state index is 8.85. The average Bonchev–Trinajstić information content (AvgIpc) is 2.63. The van der Waals surface area contributed by atoms with Crippen LogP contribution >= 0.6 is 0 Å². The van der Waals surface area contributed by atoms with Crippen LogP contribution in [0.4, 0.5) is 0 Å². The first-order valence-electron chi connectivity index (χ1n) is 4.24. The van der Waals surface area contributed by atoms with Gasteiger partial charge in [0.2, 0.25) is 0 Å². The maximum absolute atomic E-state index is 8.85. The van der Waals surface area contributed by atoms with Crippen LogP contribution in [-0.2, 0) is 13.0 Å². The largest absolute Gasteiger partial charge is 0.492 e. The fourth-order valence-corrected chi connectivity index (χ4v) is 1.58. The van der Waals surface area contributed by atoms with Gasteiger partial charge in [0.05, 0.1) is 12.2 Å². The topological polar surface area (TPSA) is 59.0 Å². The van der Waals surface area contributed by atoms with Crippen molar-refractivity contribution in [3.63, 3.8) is 0 Å². The van der Waals surface area contributed by atoms with E-state index in [0.717, 1.165) is 23.3 Å². The minimum absolute atomic E-state index is 0.474. The number of rotatable bonds is 1. The van der Waals surface area contributed by atoms with Crippen molar-refractivity contribution in [2.24, 2.45) is 5.73 Å². The Hall–Kier alpha value is -1.53. The fraction of sp³-hybridized carbons (Fsp3) is 0.300. The van der Waals surface area contributed by atoms with Gasteiger partial charge in [0.1, 0.15) is 11.8 Å². The molecule has 0 radical (unpaired) electrons. The quantitative estimate of drug-likeness (QED) is 0.689. The van der Waals surface area contributed by atoms with Gasteiger partial charge >= 0.3 is 0 Å². The summed E-state index contributed by atoms with van der Waals surface area (Å²) >= 11 is 0. The first-order valence-corrected chi connectivity index (χ1v) is 4.24. The Kier molecular flexibility index (Phi) is 1.91. The molecule has 66 valence electrons. The van der Waals surface area contributed by atoms with E-state index in [2.05, 4.69) is 6.07 Å². The Bertz CT molecular complexity index is 379. The Morgan fingerprint density at radius 1 is 1.54 bits per heavy atom. The van der Waals surface area contributed by atoms with E-state index in [1.54, 1.807) is 6.07 Å². The lowest BCUT2D eigenvalue weighted by Crippen LogP contribution is -1.98. The summed E-state index contributed by atoms with van der Waals surface area (Å²) in [5.74, 6) is 0.750. The Morgan fingerprint density at radius 2 is 2.38 bits per heavy atom. The smallest absolute Gasteiger partial charge is 0.140 e. The van der Waals surface area contributed by atoms with Gasteiger partial charge in [-0.05, 0) is 17.2 Å². The molecule has 0 aromatic heterocycles.